The topological polar surface area (TPSA) is 23.5 Å². The molecular weight excluding hydrogens is 258 g/mol. The molecule has 0 bridgehead atoms. The molecule has 21 heavy (non-hydrogen) atoms. The first-order valence-electron chi connectivity index (χ1n) is 8.75. The highest BCUT2D eigenvalue weighted by Gasteiger charge is 2.26. The number of nitrogens with zero attached hydrogens (tertiary/aromatic N) is 1. The quantitative estimate of drug-likeness (QED) is 0.896. The molecule has 1 aromatic rings. The second-order valence-corrected chi connectivity index (χ2v) is 7.02. The molecule has 1 heterocycles. The standard InChI is InChI=1S/C19H29NO/c21-19-8-4-7-18(19)11-14-20-12-9-17(10-13-20)15-16-5-2-1-3-6-16/h1-3,5-6,17-19,21H,4,7-15H2. The lowest BCUT2D eigenvalue weighted by atomic mass is 9.90. The molecule has 1 aromatic carbocycles. The predicted octanol–water partition coefficient (Wildman–Crippen LogP) is 3.49. The molecule has 0 aromatic heterocycles. The Hall–Kier alpha value is -0.860. The highest BCUT2D eigenvalue weighted by molar-refractivity contribution is 5.15. The van der Waals surface area contributed by atoms with Crippen LogP contribution in [0.4, 0.5) is 0 Å². The molecule has 1 N–H and O–H groups in total. The molecule has 2 aliphatic rings. The first-order chi connectivity index (χ1) is 10.3. The van der Waals surface area contributed by atoms with E-state index in [0.29, 0.717) is 5.92 Å². The number of rotatable bonds is 5. The molecule has 1 aliphatic heterocycles. The van der Waals surface area contributed by atoms with Gasteiger partial charge in [-0.3, -0.25) is 0 Å². The lowest BCUT2D eigenvalue weighted by Gasteiger charge is -2.33. The molecule has 1 saturated heterocycles. The van der Waals surface area contributed by atoms with Crippen LogP contribution in [0, 0.1) is 11.8 Å². The molecule has 116 valence electrons. The van der Waals surface area contributed by atoms with Crippen molar-refractivity contribution in [2.75, 3.05) is 19.6 Å². The van der Waals surface area contributed by atoms with Gasteiger partial charge in [-0.2, -0.15) is 0 Å². The van der Waals surface area contributed by atoms with Gasteiger partial charge in [0, 0.05) is 0 Å². The number of likely N-dealkylation sites (tertiary alicyclic amines) is 1. The van der Waals surface area contributed by atoms with Crippen LogP contribution in [0.1, 0.15) is 44.1 Å². The van der Waals surface area contributed by atoms with Crippen LogP contribution in [0.5, 0.6) is 0 Å². The van der Waals surface area contributed by atoms with Gasteiger partial charge in [-0.15, -0.1) is 0 Å². The van der Waals surface area contributed by atoms with E-state index in [2.05, 4.69) is 35.2 Å². The van der Waals surface area contributed by atoms with Gasteiger partial charge in [-0.05, 0) is 75.6 Å². The summed E-state index contributed by atoms with van der Waals surface area (Å²) in [6, 6.07) is 10.9. The van der Waals surface area contributed by atoms with Crippen molar-refractivity contribution in [3.63, 3.8) is 0 Å². The zero-order valence-electron chi connectivity index (χ0n) is 13.1. The van der Waals surface area contributed by atoms with E-state index in [0.717, 1.165) is 12.3 Å². The molecule has 2 unspecified atom stereocenters. The van der Waals surface area contributed by atoms with E-state index in [9.17, 15) is 5.11 Å². The molecule has 2 fully saturated rings. The number of aliphatic hydroxyl groups excluding tert-OH is 1. The maximum atomic E-state index is 9.91. The average Bonchev–Trinajstić information content (AvgIpc) is 2.93. The van der Waals surface area contributed by atoms with Gasteiger partial charge in [-0.1, -0.05) is 36.8 Å². The summed E-state index contributed by atoms with van der Waals surface area (Å²) in [5, 5.41) is 9.91. The number of hydrogen-bond acceptors (Lipinski definition) is 2. The highest BCUT2D eigenvalue weighted by atomic mass is 16.3. The van der Waals surface area contributed by atoms with E-state index in [1.165, 1.54) is 63.7 Å². The molecule has 2 heteroatoms. The van der Waals surface area contributed by atoms with Crippen molar-refractivity contribution in [2.24, 2.45) is 11.8 Å². The van der Waals surface area contributed by atoms with Crippen LogP contribution < -0.4 is 0 Å². The van der Waals surface area contributed by atoms with E-state index >= 15 is 0 Å². The fourth-order valence-electron chi connectivity index (χ4n) is 4.06. The minimum absolute atomic E-state index is 0.0133. The Morgan fingerprint density at radius 1 is 1.00 bits per heavy atom. The van der Waals surface area contributed by atoms with E-state index in [-0.39, 0.29) is 6.10 Å². The molecule has 3 rings (SSSR count). The number of hydrogen-bond donors (Lipinski definition) is 1. The Morgan fingerprint density at radius 3 is 2.43 bits per heavy atom. The Bertz CT molecular complexity index is 411. The van der Waals surface area contributed by atoms with Crippen LogP contribution in [0.2, 0.25) is 0 Å². The molecule has 0 radical (unpaired) electrons. The number of piperidine rings is 1. The first kappa shape index (κ1) is 15.1. The minimum Gasteiger partial charge on any atom is -0.393 e. The fraction of sp³-hybridized carbons (Fsp3) is 0.684. The summed E-state index contributed by atoms with van der Waals surface area (Å²) < 4.78 is 0. The Morgan fingerprint density at radius 2 is 1.76 bits per heavy atom. The van der Waals surface area contributed by atoms with Gasteiger partial charge in [0.1, 0.15) is 0 Å². The van der Waals surface area contributed by atoms with Crippen molar-refractivity contribution in [2.45, 2.75) is 51.0 Å². The Balaban J connectivity index is 1.37. The summed E-state index contributed by atoms with van der Waals surface area (Å²) in [7, 11) is 0. The molecule has 2 nitrogen and oxygen atoms in total. The van der Waals surface area contributed by atoms with Gasteiger partial charge in [0.15, 0.2) is 0 Å². The number of benzene rings is 1. The molecule has 1 aliphatic carbocycles. The maximum absolute atomic E-state index is 9.91. The van der Waals surface area contributed by atoms with Crippen LogP contribution in [0.15, 0.2) is 30.3 Å². The monoisotopic (exact) mass is 287 g/mol. The van der Waals surface area contributed by atoms with Crippen molar-refractivity contribution in [1.82, 2.24) is 4.90 Å². The SMILES string of the molecule is OC1CCCC1CCN1CCC(Cc2ccccc2)CC1. The summed E-state index contributed by atoms with van der Waals surface area (Å²) in [5.74, 6) is 1.44. The Labute approximate surface area is 129 Å². The second kappa shape index (κ2) is 7.42. The van der Waals surface area contributed by atoms with Gasteiger partial charge in [0.05, 0.1) is 6.10 Å². The smallest absolute Gasteiger partial charge is 0.0568 e. The average molecular weight is 287 g/mol. The lowest BCUT2D eigenvalue weighted by molar-refractivity contribution is 0.110. The predicted molar refractivity (Wildman–Crippen MR) is 87.3 cm³/mol. The van der Waals surface area contributed by atoms with E-state index in [4.69, 9.17) is 0 Å². The summed E-state index contributed by atoms with van der Waals surface area (Å²) in [6.07, 6.45) is 8.60. The molecule has 2 atom stereocenters. The number of aliphatic hydroxyl groups is 1. The van der Waals surface area contributed by atoms with Crippen LogP contribution in [-0.2, 0) is 6.42 Å². The van der Waals surface area contributed by atoms with Gasteiger partial charge in [-0.25, -0.2) is 0 Å². The summed E-state index contributed by atoms with van der Waals surface area (Å²) >= 11 is 0. The molecule has 0 spiro atoms. The highest BCUT2D eigenvalue weighted by Crippen LogP contribution is 2.29. The van der Waals surface area contributed by atoms with E-state index < -0.39 is 0 Å². The van der Waals surface area contributed by atoms with Gasteiger partial charge >= 0.3 is 0 Å². The third kappa shape index (κ3) is 4.31. The summed E-state index contributed by atoms with van der Waals surface area (Å²) in [4.78, 5) is 2.62. The van der Waals surface area contributed by atoms with Crippen molar-refractivity contribution >= 4 is 0 Å². The zero-order chi connectivity index (χ0) is 14.5. The van der Waals surface area contributed by atoms with E-state index in [1.54, 1.807) is 0 Å². The minimum atomic E-state index is -0.0133. The third-order valence-electron chi connectivity index (χ3n) is 5.51. The largest absolute Gasteiger partial charge is 0.393 e. The van der Waals surface area contributed by atoms with Crippen molar-refractivity contribution in [1.29, 1.82) is 0 Å². The zero-order valence-corrected chi connectivity index (χ0v) is 13.1. The Kier molecular flexibility index (Phi) is 5.32. The maximum Gasteiger partial charge on any atom is 0.0568 e. The third-order valence-corrected chi connectivity index (χ3v) is 5.51. The van der Waals surface area contributed by atoms with Gasteiger partial charge in [0.2, 0.25) is 0 Å². The normalized spacial score (nSPS) is 28.0. The van der Waals surface area contributed by atoms with Crippen LogP contribution >= 0.6 is 0 Å². The van der Waals surface area contributed by atoms with Crippen LogP contribution in [-0.4, -0.2) is 35.7 Å². The summed E-state index contributed by atoms with van der Waals surface area (Å²) in [6.45, 7) is 3.69. The van der Waals surface area contributed by atoms with Gasteiger partial charge < -0.3 is 10.0 Å². The summed E-state index contributed by atoms with van der Waals surface area (Å²) in [5.41, 5.74) is 1.49. The second-order valence-electron chi connectivity index (χ2n) is 7.02. The van der Waals surface area contributed by atoms with Crippen molar-refractivity contribution in [3.05, 3.63) is 35.9 Å². The van der Waals surface area contributed by atoms with Crippen molar-refractivity contribution in [3.8, 4) is 0 Å². The fourth-order valence-corrected chi connectivity index (χ4v) is 4.06. The molecule has 0 amide bonds. The van der Waals surface area contributed by atoms with Gasteiger partial charge in [0.25, 0.3) is 0 Å². The molecule has 1 saturated carbocycles. The van der Waals surface area contributed by atoms with Crippen LogP contribution in [0.3, 0.4) is 0 Å². The lowest BCUT2D eigenvalue weighted by Crippen LogP contribution is -2.36. The van der Waals surface area contributed by atoms with Crippen molar-refractivity contribution < 1.29 is 5.11 Å². The molecular formula is C19H29NO. The van der Waals surface area contributed by atoms with E-state index in [1.807, 2.05) is 0 Å². The first-order valence-corrected chi connectivity index (χ1v) is 8.75. The van der Waals surface area contributed by atoms with Crippen LogP contribution in [0.25, 0.3) is 0 Å².